The second-order valence-corrected chi connectivity index (χ2v) is 4.54. The van der Waals surface area contributed by atoms with Gasteiger partial charge in [0.15, 0.2) is 5.78 Å². The Balaban J connectivity index is 2.38. The average molecular weight is 249 g/mol. The van der Waals surface area contributed by atoms with Crippen LogP contribution in [0.1, 0.15) is 28.8 Å². The van der Waals surface area contributed by atoms with Crippen LogP contribution in [0.15, 0.2) is 12.1 Å². The van der Waals surface area contributed by atoms with Gasteiger partial charge in [-0.3, -0.25) is 4.79 Å². The molecule has 1 N–H and O–H groups in total. The van der Waals surface area contributed by atoms with Gasteiger partial charge in [-0.15, -0.1) is 0 Å². The topological polar surface area (TPSA) is 47.6 Å². The van der Waals surface area contributed by atoms with Crippen molar-refractivity contribution in [3.05, 3.63) is 23.3 Å². The van der Waals surface area contributed by atoms with Crippen molar-refractivity contribution in [1.29, 1.82) is 0 Å². The molecular formula is C14H19NO3. The number of benzene rings is 1. The van der Waals surface area contributed by atoms with Crippen molar-refractivity contribution >= 4 is 5.78 Å². The lowest BCUT2D eigenvalue weighted by molar-refractivity contribution is 0.0949. The van der Waals surface area contributed by atoms with Gasteiger partial charge in [0, 0.05) is 0 Å². The number of aryl methyl sites for hydroxylation is 1. The van der Waals surface area contributed by atoms with E-state index in [2.05, 4.69) is 5.32 Å². The molecule has 1 unspecified atom stereocenters. The van der Waals surface area contributed by atoms with Crippen molar-refractivity contribution in [2.75, 3.05) is 20.8 Å². The summed E-state index contributed by atoms with van der Waals surface area (Å²) >= 11 is 0. The van der Waals surface area contributed by atoms with Crippen LogP contribution < -0.4 is 14.8 Å². The molecule has 1 aromatic carbocycles. The Kier molecular flexibility index (Phi) is 3.87. The molecule has 4 nitrogen and oxygen atoms in total. The highest BCUT2D eigenvalue weighted by molar-refractivity contribution is 6.03. The van der Waals surface area contributed by atoms with E-state index in [4.69, 9.17) is 9.47 Å². The first-order valence-corrected chi connectivity index (χ1v) is 6.17. The van der Waals surface area contributed by atoms with Crippen LogP contribution in [-0.2, 0) is 0 Å². The largest absolute Gasteiger partial charge is 0.496 e. The Morgan fingerprint density at radius 2 is 2.00 bits per heavy atom. The summed E-state index contributed by atoms with van der Waals surface area (Å²) in [4.78, 5) is 12.4. The normalized spacial score (nSPS) is 18.7. The van der Waals surface area contributed by atoms with Crippen LogP contribution >= 0.6 is 0 Å². The molecule has 1 aromatic rings. The first-order chi connectivity index (χ1) is 8.67. The van der Waals surface area contributed by atoms with Crippen molar-refractivity contribution in [3.8, 4) is 11.5 Å². The summed E-state index contributed by atoms with van der Waals surface area (Å²) in [5.41, 5.74) is 1.56. The van der Waals surface area contributed by atoms with Crippen LogP contribution in [0.2, 0.25) is 0 Å². The van der Waals surface area contributed by atoms with Gasteiger partial charge in [-0.05, 0) is 44.0 Å². The number of ketones is 1. The van der Waals surface area contributed by atoms with Crippen molar-refractivity contribution in [2.24, 2.45) is 0 Å². The summed E-state index contributed by atoms with van der Waals surface area (Å²) in [5, 5.41) is 3.21. The standard InChI is InChI=1S/C14H19NO3/c1-9-7-13(18-3)10(8-12(9)17-2)14(16)11-5-4-6-15-11/h7-8,11,15H,4-6H2,1-3H3. The van der Waals surface area contributed by atoms with Crippen molar-refractivity contribution in [1.82, 2.24) is 5.32 Å². The van der Waals surface area contributed by atoms with Gasteiger partial charge in [-0.2, -0.15) is 0 Å². The van der Waals surface area contributed by atoms with E-state index in [1.165, 1.54) is 0 Å². The molecule has 2 rings (SSSR count). The van der Waals surface area contributed by atoms with Crippen LogP contribution in [-0.4, -0.2) is 32.6 Å². The highest BCUT2D eigenvalue weighted by Crippen LogP contribution is 2.30. The molecule has 18 heavy (non-hydrogen) atoms. The summed E-state index contributed by atoms with van der Waals surface area (Å²) in [7, 11) is 3.19. The summed E-state index contributed by atoms with van der Waals surface area (Å²) in [5.74, 6) is 1.42. The molecule has 1 aliphatic rings. The van der Waals surface area contributed by atoms with Crippen molar-refractivity contribution in [3.63, 3.8) is 0 Å². The van der Waals surface area contributed by atoms with Gasteiger partial charge < -0.3 is 14.8 Å². The zero-order valence-corrected chi connectivity index (χ0v) is 11.1. The summed E-state index contributed by atoms with van der Waals surface area (Å²) < 4.78 is 10.6. The molecule has 0 aliphatic carbocycles. The van der Waals surface area contributed by atoms with E-state index < -0.39 is 0 Å². The van der Waals surface area contributed by atoms with Crippen LogP contribution in [0.4, 0.5) is 0 Å². The zero-order valence-electron chi connectivity index (χ0n) is 11.1. The Bertz CT molecular complexity index is 451. The molecule has 0 radical (unpaired) electrons. The van der Waals surface area contributed by atoms with E-state index in [0.29, 0.717) is 11.3 Å². The third-order valence-corrected chi connectivity index (χ3v) is 3.36. The van der Waals surface area contributed by atoms with E-state index in [0.717, 1.165) is 30.7 Å². The van der Waals surface area contributed by atoms with Gasteiger partial charge in [0.1, 0.15) is 11.5 Å². The first kappa shape index (κ1) is 12.9. The number of hydrogen-bond donors (Lipinski definition) is 1. The summed E-state index contributed by atoms with van der Waals surface area (Å²) in [6.45, 7) is 2.84. The van der Waals surface area contributed by atoms with Crippen molar-refractivity contribution in [2.45, 2.75) is 25.8 Å². The Hall–Kier alpha value is -1.55. The van der Waals surface area contributed by atoms with E-state index in [1.54, 1.807) is 20.3 Å². The van der Waals surface area contributed by atoms with Gasteiger partial charge in [0.2, 0.25) is 0 Å². The molecule has 0 bridgehead atoms. The molecule has 0 aromatic heterocycles. The van der Waals surface area contributed by atoms with E-state index >= 15 is 0 Å². The number of rotatable bonds is 4. The molecule has 0 saturated carbocycles. The highest BCUT2D eigenvalue weighted by Gasteiger charge is 2.26. The maximum absolute atomic E-state index is 12.4. The summed E-state index contributed by atoms with van der Waals surface area (Å²) in [6.07, 6.45) is 1.93. The number of ether oxygens (including phenoxy) is 2. The second kappa shape index (κ2) is 5.40. The van der Waals surface area contributed by atoms with Gasteiger partial charge in [0.25, 0.3) is 0 Å². The fourth-order valence-electron chi connectivity index (χ4n) is 2.34. The Labute approximate surface area is 107 Å². The third-order valence-electron chi connectivity index (χ3n) is 3.36. The molecule has 4 heteroatoms. The van der Waals surface area contributed by atoms with Crippen LogP contribution in [0.25, 0.3) is 0 Å². The number of Topliss-reactive ketones (excluding diaryl/α,β-unsaturated/α-hetero) is 1. The number of carbonyl (C=O) groups is 1. The van der Waals surface area contributed by atoms with E-state index in [-0.39, 0.29) is 11.8 Å². The van der Waals surface area contributed by atoms with Gasteiger partial charge in [0.05, 0.1) is 25.8 Å². The quantitative estimate of drug-likeness (QED) is 0.828. The lowest BCUT2D eigenvalue weighted by atomic mass is 10.00. The average Bonchev–Trinajstić information content (AvgIpc) is 2.91. The predicted octanol–water partition coefficient (Wildman–Crippen LogP) is 1.95. The van der Waals surface area contributed by atoms with E-state index in [1.807, 2.05) is 13.0 Å². The third kappa shape index (κ3) is 2.34. The maximum Gasteiger partial charge on any atom is 0.183 e. The predicted molar refractivity (Wildman–Crippen MR) is 69.6 cm³/mol. The number of nitrogens with one attached hydrogen (secondary N) is 1. The number of carbonyl (C=O) groups excluding carboxylic acids is 1. The lowest BCUT2D eigenvalue weighted by Crippen LogP contribution is -2.31. The monoisotopic (exact) mass is 249 g/mol. The number of methoxy groups -OCH3 is 2. The van der Waals surface area contributed by atoms with Crippen LogP contribution in [0.3, 0.4) is 0 Å². The highest BCUT2D eigenvalue weighted by atomic mass is 16.5. The molecule has 1 fully saturated rings. The molecule has 98 valence electrons. The minimum Gasteiger partial charge on any atom is -0.496 e. The Morgan fingerprint density at radius 3 is 2.56 bits per heavy atom. The van der Waals surface area contributed by atoms with Gasteiger partial charge >= 0.3 is 0 Å². The second-order valence-electron chi connectivity index (χ2n) is 4.54. The number of hydrogen-bond acceptors (Lipinski definition) is 4. The smallest absolute Gasteiger partial charge is 0.183 e. The molecular weight excluding hydrogens is 230 g/mol. The zero-order chi connectivity index (χ0) is 13.1. The SMILES string of the molecule is COc1cc(C(=O)C2CCCN2)c(OC)cc1C. The summed E-state index contributed by atoms with van der Waals surface area (Å²) in [6, 6.07) is 3.53. The molecule has 1 saturated heterocycles. The first-order valence-electron chi connectivity index (χ1n) is 6.17. The van der Waals surface area contributed by atoms with Gasteiger partial charge in [-0.1, -0.05) is 0 Å². The van der Waals surface area contributed by atoms with Crippen molar-refractivity contribution < 1.29 is 14.3 Å². The molecule has 0 spiro atoms. The van der Waals surface area contributed by atoms with Crippen LogP contribution in [0.5, 0.6) is 11.5 Å². The minimum absolute atomic E-state index is 0.0858. The lowest BCUT2D eigenvalue weighted by Gasteiger charge is -2.15. The van der Waals surface area contributed by atoms with Crippen LogP contribution in [0, 0.1) is 6.92 Å². The minimum atomic E-state index is -0.0914. The van der Waals surface area contributed by atoms with Gasteiger partial charge in [-0.25, -0.2) is 0 Å². The fourth-order valence-corrected chi connectivity index (χ4v) is 2.34. The molecule has 0 amide bonds. The maximum atomic E-state index is 12.4. The fraction of sp³-hybridized carbons (Fsp3) is 0.500. The molecule has 1 atom stereocenters. The van der Waals surface area contributed by atoms with E-state index in [9.17, 15) is 4.79 Å². The molecule has 1 aliphatic heterocycles. The Morgan fingerprint density at radius 1 is 1.28 bits per heavy atom. The molecule has 1 heterocycles.